The minimum atomic E-state index is -0.349. The molecule has 0 atom stereocenters. The maximum absolute atomic E-state index is 12.5. The summed E-state index contributed by atoms with van der Waals surface area (Å²) in [5.74, 6) is -0.349. The van der Waals surface area contributed by atoms with E-state index in [0.29, 0.717) is 15.7 Å². The number of hydrogen-bond donors (Lipinski definition) is 3. The fraction of sp³-hybridized carbons (Fsp3) is 0.100. The van der Waals surface area contributed by atoms with E-state index in [4.69, 9.17) is 28.3 Å². The molecule has 136 valence electrons. The highest BCUT2D eigenvalue weighted by Crippen LogP contribution is 2.35. The summed E-state index contributed by atoms with van der Waals surface area (Å²) in [5.41, 5.74) is 3.38. The minimum Gasteiger partial charge on any atom is -0.395 e. The predicted octanol–water partition coefficient (Wildman–Crippen LogP) is 4.41. The first-order chi connectivity index (χ1) is 13.1. The lowest BCUT2D eigenvalue weighted by Crippen LogP contribution is -2.27. The average Bonchev–Trinajstić information content (AvgIpc) is 3.06. The van der Waals surface area contributed by atoms with Crippen molar-refractivity contribution in [2.45, 2.75) is 0 Å². The lowest BCUT2D eigenvalue weighted by molar-refractivity contribution is 0.0940. The molecule has 2 aromatic heterocycles. The highest BCUT2D eigenvalue weighted by molar-refractivity contribution is 6.42. The zero-order valence-corrected chi connectivity index (χ0v) is 15.6. The van der Waals surface area contributed by atoms with Gasteiger partial charge in [-0.15, -0.1) is 0 Å². The van der Waals surface area contributed by atoms with Crippen LogP contribution in [0.1, 0.15) is 10.5 Å². The molecule has 0 aliphatic rings. The fourth-order valence-electron chi connectivity index (χ4n) is 3.07. The molecule has 27 heavy (non-hydrogen) atoms. The molecule has 0 spiro atoms. The van der Waals surface area contributed by atoms with Gasteiger partial charge in [-0.1, -0.05) is 47.5 Å². The van der Waals surface area contributed by atoms with Crippen molar-refractivity contribution in [3.05, 3.63) is 64.3 Å². The first-order valence-corrected chi connectivity index (χ1v) is 9.10. The molecule has 7 heteroatoms. The number of nitrogens with zero attached hydrogens (tertiary/aromatic N) is 1. The molecule has 0 aliphatic heterocycles. The van der Waals surface area contributed by atoms with Gasteiger partial charge in [-0.05, 0) is 24.3 Å². The van der Waals surface area contributed by atoms with Crippen LogP contribution < -0.4 is 5.32 Å². The molecule has 3 N–H and O–H groups in total. The normalized spacial score (nSPS) is 11.2. The molecule has 0 saturated heterocycles. The van der Waals surface area contributed by atoms with E-state index in [1.54, 1.807) is 18.2 Å². The number of rotatable bonds is 4. The van der Waals surface area contributed by atoms with Crippen molar-refractivity contribution in [1.29, 1.82) is 0 Å². The van der Waals surface area contributed by atoms with Crippen molar-refractivity contribution in [2.75, 3.05) is 13.2 Å². The summed E-state index contributed by atoms with van der Waals surface area (Å²) in [6.45, 7) is 0.0231. The molecule has 1 amide bonds. The van der Waals surface area contributed by atoms with E-state index in [2.05, 4.69) is 15.3 Å². The van der Waals surface area contributed by atoms with E-state index in [1.165, 1.54) is 0 Å². The van der Waals surface area contributed by atoms with Crippen molar-refractivity contribution < 1.29 is 9.90 Å². The number of aliphatic hydroxyl groups excluding tert-OH is 1. The molecule has 0 radical (unpaired) electrons. The lowest BCUT2D eigenvalue weighted by atomic mass is 10.1. The Labute approximate surface area is 164 Å². The number of pyridine rings is 1. The maximum atomic E-state index is 12.5. The first-order valence-electron chi connectivity index (χ1n) is 8.34. The molecule has 0 unspecified atom stereocenters. The van der Waals surface area contributed by atoms with Crippen molar-refractivity contribution >= 4 is 50.9 Å². The Kier molecular flexibility index (Phi) is 4.74. The third-order valence-corrected chi connectivity index (χ3v) is 5.06. The Bertz CT molecular complexity index is 1170. The summed E-state index contributed by atoms with van der Waals surface area (Å²) in [6, 6.07) is 14.8. The highest BCUT2D eigenvalue weighted by Gasteiger charge is 2.17. The Morgan fingerprint density at radius 3 is 2.67 bits per heavy atom. The van der Waals surface area contributed by atoms with Crippen LogP contribution in [-0.4, -0.2) is 34.1 Å². The summed E-state index contributed by atoms with van der Waals surface area (Å²) < 4.78 is 0. The van der Waals surface area contributed by atoms with Crippen LogP contribution >= 0.6 is 23.2 Å². The SMILES string of the molecule is O=C(NCCO)c1cc2c([nH]c3ccccc32)c(-c2ccc(Cl)c(Cl)c2)n1. The number of amides is 1. The number of nitrogens with one attached hydrogen (secondary N) is 2. The molecule has 0 aliphatic carbocycles. The molecular weight excluding hydrogens is 385 g/mol. The van der Waals surface area contributed by atoms with E-state index >= 15 is 0 Å². The number of halogens is 2. The fourth-order valence-corrected chi connectivity index (χ4v) is 3.37. The Balaban J connectivity index is 1.99. The number of aliphatic hydroxyl groups is 1. The molecule has 2 aromatic carbocycles. The average molecular weight is 400 g/mol. The number of aromatic amines is 1. The second kappa shape index (κ2) is 7.19. The maximum Gasteiger partial charge on any atom is 0.270 e. The Morgan fingerprint density at radius 2 is 1.89 bits per heavy atom. The van der Waals surface area contributed by atoms with Gasteiger partial charge in [-0.25, -0.2) is 4.98 Å². The summed E-state index contributed by atoms with van der Waals surface area (Å²) >= 11 is 12.2. The van der Waals surface area contributed by atoms with Gasteiger partial charge in [0.05, 0.1) is 27.9 Å². The van der Waals surface area contributed by atoms with Gasteiger partial charge in [0.25, 0.3) is 5.91 Å². The quantitative estimate of drug-likeness (QED) is 0.475. The number of benzene rings is 2. The largest absolute Gasteiger partial charge is 0.395 e. The van der Waals surface area contributed by atoms with Gasteiger partial charge < -0.3 is 15.4 Å². The van der Waals surface area contributed by atoms with E-state index in [-0.39, 0.29) is 24.8 Å². The molecule has 0 bridgehead atoms. The van der Waals surface area contributed by atoms with Crippen molar-refractivity contribution in [3.8, 4) is 11.3 Å². The number of para-hydroxylation sites is 1. The molecular formula is C20H15Cl2N3O2. The molecule has 0 fully saturated rings. The van der Waals surface area contributed by atoms with Gasteiger partial charge in [0.15, 0.2) is 0 Å². The Hall–Kier alpha value is -2.60. The van der Waals surface area contributed by atoms with Gasteiger partial charge in [0.1, 0.15) is 5.69 Å². The van der Waals surface area contributed by atoms with Crippen LogP contribution in [0, 0.1) is 0 Å². The van der Waals surface area contributed by atoms with Crippen LogP contribution in [0.5, 0.6) is 0 Å². The van der Waals surface area contributed by atoms with Gasteiger partial charge in [-0.3, -0.25) is 4.79 Å². The van der Waals surface area contributed by atoms with Crippen LogP contribution in [0.4, 0.5) is 0 Å². The molecule has 2 heterocycles. The number of fused-ring (bicyclic) bond motifs is 3. The summed E-state index contributed by atoms with van der Waals surface area (Å²) in [6.07, 6.45) is 0. The number of hydrogen-bond acceptors (Lipinski definition) is 3. The van der Waals surface area contributed by atoms with Crippen LogP contribution in [0.2, 0.25) is 10.0 Å². The van der Waals surface area contributed by atoms with Crippen molar-refractivity contribution in [3.63, 3.8) is 0 Å². The van der Waals surface area contributed by atoms with E-state index in [0.717, 1.165) is 27.4 Å². The summed E-state index contributed by atoms with van der Waals surface area (Å²) in [5, 5.41) is 14.3. The minimum absolute atomic E-state index is 0.138. The molecule has 5 nitrogen and oxygen atoms in total. The molecule has 4 rings (SSSR count). The zero-order chi connectivity index (χ0) is 19.0. The van der Waals surface area contributed by atoms with Crippen LogP contribution in [0.15, 0.2) is 48.5 Å². The van der Waals surface area contributed by atoms with Gasteiger partial charge in [-0.2, -0.15) is 0 Å². The first kappa shape index (κ1) is 17.8. The number of carbonyl (C=O) groups is 1. The van der Waals surface area contributed by atoms with Crippen LogP contribution in [0.3, 0.4) is 0 Å². The van der Waals surface area contributed by atoms with Gasteiger partial charge in [0.2, 0.25) is 0 Å². The second-order valence-electron chi connectivity index (χ2n) is 6.06. The van der Waals surface area contributed by atoms with Gasteiger partial charge in [0, 0.05) is 28.4 Å². The van der Waals surface area contributed by atoms with Crippen LogP contribution in [-0.2, 0) is 0 Å². The summed E-state index contributed by atoms with van der Waals surface area (Å²) in [7, 11) is 0. The third kappa shape index (κ3) is 3.25. The van der Waals surface area contributed by atoms with E-state index in [1.807, 2.05) is 30.3 Å². The molecule has 4 aromatic rings. The topological polar surface area (TPSA) is 78.0 Å². The number of H-pyrrole nitrogens is 1. The zero-order valence-electron chi connectivity index (χ0n) is 14.1. The molecule has 0 saturated carbocycles. The van der Waals surface area contributed by atoms with E-state index in [9.17, 15) is 4.79 Å². The monoisotopic (exact) mass is 399 g/mol. The van der Waals surface area contributed by atoms with Gasteiger partial charge >= 0.3 is 0 Å². The van der Waals surface area contributed by atoms with Crippen molar-refractivity contribution in [2.24, 2.45) is 0 Å². The van der Waals surface area contributed by atoms with E-state index < -0.39 is 0 Å². The van der Waals surface area contributed by atoms with Crippen molar-refractivity contribution in [1.82, 2.24) is 15.3 Å². The smallest absolute Gasteiger partial charge is 0.270 e. The lowest BCUT2D eigenvalue weighted by Gasteiger charge is -2.09. The van der Waals surface area contributed by atoms with Crippen LogP contribution in [0.25, 0.3) is 33.1 Å². The highest BCUT2D eigenvalue weighted by atomic mass is 35.5. The number of carbonyl (C=O) groups excluding carboxylic acids is 1. The summed E-state index contributed by atoms with van der Waals surface area (Å²) in [4.78, 5) is 20.4. The third-order valence-electron chi connectivity index (χ3n) is 4.32. The second-order valence-corrected chi connectivity index (χ2v) is 6.87. The standard InChI is InChI=1S/C20H15Cl2N3O2/c21-14-6-5-11(9-15(14)22)18-19-13(12-3-1-2-4-16(12)24-19)10-17(25-18)20(27)23-7-8-26/h1-6,9-10,24,26H,7-8H2,(H,23,27). The number of aromatic nitrogens is 2. The predicted molar refractivity (Wildman–Crippen MR) is 108 cm³/mol. The Morgan fingerprint density at radius 1 is 1.07 bits per heavy atom.